The summed E-state index contributed by atoms with van der Waals surface area (Å²) in [6, 6.07) is 4.91. The Morgan fingerprint density at radius 3 is 2.89 bits per heavy atom. The van der Waals surface area contributed by atoms with Crippen LogP contribution in [0.5, 0.6) is 5.75 Å². The Hall–Kier alpha value is -1.27. The van der Waals surface area contributed by atoms with Crippen LogP contribution in [0.3, 0.4) is 0 Å². The molecule has 19 heavy (non-hydrogen) atoms. The SMILES string of the molecule is NC(COCC(F)(F)F)c1ccc2c(c1)CCCO2. The van der Waals surface area contributed by atoms with Crippen molar-refractivity contribution < 1.29 is 22.6 Å². The quantitative estimate of drug-likeness (QED) is 0.918. The summed E-state index contributed by atoms with van der Waals surface area (Å²) in [5, 5.41) is 0. The molecule has 1 unspecified atom stereocenters. The van der Waals surface area contributed by atoms with Gasteiger partial charge >= 0.3 is 6.18 Å². The smallest absolute Gasteiger partial charge is 0.411 e. The molecule has 0 saturated heterocycles. The second-order valence-electron chi connectivity index (χ2n) is 4.56. The Morgan fingerprint density at radius 2 is 2.16 bits per heavy atom. The minimum Gasteiger partial charge on any atom is -0.493 e. The van der Waals surface area contributed by atoms with Gasteiger partial charge in [-0.2, -0.15) is 13.2 Å². The number of nitrogens with two attached hydrogens (primary N) is 1. The highest BCUT2D eigenvalue weighted by molar-refractivity contribution is 5.39. The van der Waals surface area contributed by atoms with Crippen LogP contribution in [0, 0.1) is 0 Å². The topological polar surface area (TPSA) is 44.5 Å². The minimum absolute atomic E-state index is 0.154. The lowest BCUT2D eigenvalue weighted by Gasteiger charge is -2.20. The Labute approximate surface area is 109 Å². The van der Waals surface area contributed by atoms with Gasteiger partial charge in [-0.25, -0.2) is 0 Å². The lowest BCUT2D eigenvalue weighted by molar-refractivity contribution is -0.174. The van der Waals surface area contributed by atoms with Gasteiger partial charge in [0.05, 0.1) is 19.3 Å². The van der Waals surface area contributed by atoms with Crippen LogP contribution in [-0.2, 0) is 11.2 Å². The molecule has 0 aromatic heterocycles. The molecule has 0 amide bonds. The molecular formula is C13H16F3NO2. The molecule has 0 fully saturated rings. The van der Waals surface area contributed by atoms with E-state index in [0.717, 1.165) is 29.7 Å². The van der Waals surface area contributed by atoms with Crippen LogP contribution in [0.25, 0.3) is 0 Å². The lowest BCUT2D eigenvalue weighted by atomic mass is 10.00. The summed E-state index contributed by atoms with van der Waals surface area (Å²) in [6.07, 6.45) is -2.47. The van der Waals surface area contributed by atoms with Crippen molar-refractivity contribution in [1.82, 2.24) is 0 Å². The molecule has 0 spiro atoms. The maximum absolute atomic E-state index is 12.0. The average Bonchev–Trinajstić information content (AvgIpc) is 2.36. The molecule has 3 nitrogen and oxygen atoms in total. The summed E-state index contributed by atoms with van der Waals surface area (Å²) in [4.78, 5) is 0. The van der Waals surface area contributed by atoms with E-state index in [1.807, 2.05) is 12.1 Å². The van der Waals surface area contributed by atoms with Crippen LogP contribution < -0.4 is 10.5 Å². The summed E-state index contributed by atoms with van der Waals surface area (Å²) < 4.78 is 45.9. The van der Waals surface area contributed by atoms with Gasteiger partial charge in [-0.05, 0) is 30.0 Å². The number of fused-ring (bicyclic) bond motifs is 1. The molecule has 1 aliphatic heterocycles. The van der Waals surface area contributed by atoms with E-state index >= 15 is 0 Å². The van der Waals surface area contributed by atoms with Gasteiger partial charge in [0.2, 0.25) is 0 Å². The number of benzene rings is 1. The van der Waals surface area contributed by atoms with Gasteiger partial charge in [0, 0.05) is 0 Å². The summed E-state index contributed by atoms with van der Waals surface area (Å²) in [5.74, 6) is 0.832. The van der Waals surface area contributed by atoms with Gasteiger partial charge in [0.1, 0.15) is 12.4 Å². The first-order valence-corrected chi connectivity index (χ1v) is 6.11. The Kier molecular flexibility index (Phi) is 4.31. The standard InChI is InChI=1S/C13H16F3NO2/c14-13(15,16)8-18-7-11(17)9-3-4-12-10(6-9)2-1-5-19-12/h3-4,6,11H,1-2,5,7-8,17H2. The van der Waals surface area contributed by atoms with Gasteiger partial charge in [0.15, 0.2) is 0 Å². The molecule has 2 rings (SSSR count). The van der Waals surface area contributed by atoms with Crippen molar-refractivity contribution in [2.24, 2.45) is 5.73 Å². The summed E-state index contributed by atoms with van der Waals surface area (Å²) in [6.45, 7) is -0.721. The molecule has 1 heterocycles. The highest BCUT2D eigenvalue weighted by Gasteiger charge is 2.27. The highest BCUT2D eigenvalue weighted by Crippen LogP contribution is 2.27. The van der Waals surface area contributed by atoms with E-state index in [1.54, 1.807) is 6.07 Å². The molecule has 1 aromatic carbocycles. The van der Waals surface area contributed by atoms with Crippen molar-refractivity contribution in [3.05, 3.63) is 29.3 Å². The Balaban J connectivity index is 1.94. The summed E-state index contributed by atoms with van der Waals surface area (Å²) in [7, 11) is 0. The predicted octanol–water partition coefficient (Wildman–Crippen LogP) is 2.59. The Bertz CT molecular complexity index is 434. The highest BCUT2D eigenvalue weighted by atomic mass is 19.4. The fourth-order valence-corrected chi connectivity index (χ4v) is 2.01. The zero-order valence-electron chi connectivity index (χ0n) is 10.4. The summed E-state index contributed by atoms with van der Waals surface area (Å²) >= 11 is 0. The van der Waals surface area contributed by atoms with Crippen molar-refractivity contribution in [3.8, 4) is 5.75 Å². The minimum atomic E-state index is -4.32. The first-order chi connectivity index (χ1) is 8.96. The van der Waals surface area contributed by atoms with E-state index in [0.29, 0.717) is 6.61 Å². The molecule has 0 saturated carbocycles. The number of rotatable bonds is 4. The van der Waals surface area contributed by atoms with Gasteiger partial charge in [-0.1, -0.05) is 12.1 Å². The van der Waals surface area contributed by atoms with E-state index < -0.39 is 18.8 Å². The maximum Gasteiger partial charge on any atom is 0.411 e. The summed E-state index contributed by atoms with van der Waals surface area (Å²) in [5.41, 5.74) is 7.65. The number of hydrogen-bond donors (Lipinski definition) is 1. The monoisotopic (exact) mass is 275 g/mol. The molecular weight excluding hydrogens is 259 g/mol. The van der Waals surface area contributed by atoms with Crippen molar-refractivity contribution in [3.63, 3.8) is 0 Å². The molecule has 1 aromatic rings. The number of aryl methyl sites for hydroxylation is 1. The molecule has 0 radical (unpaired) electrons. The van der Waals surface area contributed by atoms with Crippen molar-refractivity contribution in [2.75, 3.05) is 19.8 Å². The third-order valence-corrected chi connectivity index (χ3v) is 2.92. The molecule has 1 atom stereocenters. The fourth-order valence-electron chi connectivity index (χ4n) is 2.01. The first-order valence-electron chi connectivity index (χ1n) is 6.11. The van der Waals surface area contributed by atoms with Crippen LogP contribution in [0.4, 0.5) is 13.2 Å². The van der Waals surface area contributed by atoms with Gasteiger partial charge < -0.3 is 15.2 Å². The van der Waals surface area contributed by atoms with Crippen LogP contribution in [0.15, 0.2) is 18.2 Å². The maximum atomic E-state index is 12.0. The third kappa shape index (κ3) is 4.11. The molecule has 106 valence electrons. The van der Waals surface area contributed by atoms with E-state index in [4.69, 9.17) is 10.5 Å². The van der Waals surface area contributed by atoms with Crippen LogP contribution in [0.2, 0.25) is 0 Å². The second-order valence-corrected chi connectivity index (χ2v) is 4.56. The van der Waals surface area contributed by atoms with E-state index in [2.05, 4.69) is 4.74 Å². The van der Waals surface area contributed by atoms with Crippen molar-refractivity contribution >= 4 is 0 Å². The van der Waals surface area contributed by atoms with E-state index in [-0.39, 0.29) is 6.61 Å². The zero-order chi connectivity index (χ0) is 13.9. The fraction of sp³-hybridized carbons (Fsp3) is 0.538. The third-order valence-electron chi connectivity index (χ3n) is 2.92. The van der Waals surface area contributed by atoms with Gasteiger partial charge in [0.25, 0.3) is 0 Å². The van der Waals surface area contributed by atoms with Crippen LogP contribution in [-0.4, -0.2) is 26.0 Å². The van der Waals surface area contributed by atoms with Crippen LogP contribution in [0.1, 0.15) is 23.6 Å². The van der Waals surface area contributed by atoms with Gasteiger partial charge in [-0.3, -0.25) is 0 Å². The molecule has 2 N–H and O–H groups in total. The second kappa shape index (κ2) is 5.79. The number of ether oxygens (including phenoxy) is 2. The molecule has 6 heteroatoms. The normalized spacial score (nSPS) is 16.6. The Morgan fingerprint density at radius 1 is 1.37 bits per heavy atom. The zero-order valence-corrected chi connectivity index (χ0v) is 10.4. The van der Waals surface area contributed by atoms with Gasteiger partial charge in [-0.15, -0.1) is 0 Å². The van der Waals surface area contributed by atoms with E-state index in [9.17, 15) is 13.2 Å². The molecule has 0 aliphatic carbocycles. The number of halogens is 3. The predicted molar refractivity (Wildman–Crippen MR) is 64.1 cm³/mol. The molecule has 0 bridgehead atoms. The van der Waals surface area contributed by atoms with Crippen molar-refractivity contribution in [1.29, 1.82) is 0 Å². The number of alkyl halides is 3. The lowest BCUT2D eigenvalue weighted by Crippen LogP contribution is -2.23. The average molecular weight is 275 g/mol. The largest absolute Gasteiger partial charge is 0.493 e. The molecule has 1 aliphatic rings. The first kappa shape index (κ1) is 14.1. The van der Waals surface area contributed by atoms with Crippen LogP contribution >= 0.6 is 0 Å². The number of hydrogen-bond acceptors (Lipinski definition) is 3. The van der Waals surface area contributed by atoms with E-state index in [1.165, 1.54) is 0 Å². The van der Waals surface area contributed by atoms with Crippen molar-refractivity contribution in [2.45, 2.75) is 25.1 Å².